The molecule has 4 heteroatoms. The molecule has 0 heterocycles. The molecule has 0 atom stereocenters. The molecule has 3 nitrogen and oxygen atoms in total. The standard InChI is InChI=1S/C19H22O2.C4H11N.ClH/c1-3-15-19(18(20)21-4-2,16-11-7-5-8-12-16)17-13-9-6-10-14-17;1-3-5-4-2;/h5-14H,3-4,15H2,1-2H3;5H,3-4H2,1-2H3;1H. The van der Waals surface area contributed by atoms with Gasteiger partial charge >= 0.3 is 5.97 Å². The van der Waals surface area contributed by atoms with Gasteiger partial charge in [0.1, 0.15) is 5.41 Å². The molecule has 0 aliphatic rings. The maximum Gasteiger partial charge on any atom is 0.321 e. The molecule has 0 unspecified atom stereocenters. The highest BCUT2D eigenvalue weighted by molar-refractivity contribution is 5.87. The van der Waals surface area contributed by atoms with Crippen LogP contribution in [0.4, 0.5) is 0 Å². The van der Waals surface area contributed by atoms with E-state index in [2.05, 4.69) is 26.1 Å². The van der Waals surface area contributed by atoms with Gasteiger partial charge in [-0.05, 0) is 37.6 Å². The Bertz CT molecular complexity index is 575. The van der Waals surface area contributed by atoms with Gasteiger partial charge < -0.3 is 10.1 Å². The quantitative estimate of drug-likeness (QED) is 0.614. The van der Waals surface area contributed by atoms with Crippen molar-refractivity contribution in [2.24, 2.45) is 0 Å². The van der Waals surface area contributed by atoms with Gasteiger partial charge in [-0.2, -0.15) is 0 Å². The summed E-state index contributed by atoms with van der Waals surface area (Å²) in [6.45, 7) is 10.7. The van der Waals surface area contributed by atoms with E-state index in [0.717, 1.165) is 37.1 Å². The Kier molecular flexibility index (Phi) is 13.3. The highest BCUT2D eigenvalue weighted by Crippen LogP contribution is 2.38. The normalized spacial score (nSPS) is 10.2. The number of carbonyl (C=O) groups excluding carboxylic acids is 1. The molecule has 2 aromatic rings. The second-order valence-electron chi connectivity index (χ2n) is 6.06. The zero-order chi connectivity index (χ0) is 19.3. The Morgan fingerprint density at radius 3 is 1.59 bits per heavy atom. The van der Waals surface area contributed by atoms with E-state index in [1.54, 1.807) is 0 Å². The minimum atomic E-state index is -0.715. The van der Waals surface area contributed by atoms with Gasteiger partial charge in [0.25, 0.3) is 0 Å². The van der Waals surface area contributed by atoms with E-state index in [1.165, 1.54) is 0 Å². The number of esters is 1. The molecule has 2 rings (SSSR count). The van der Waals surface area contributed by atoms with Crippen LogP contribution >= 0.6 is 12.4 Å². The van der Waals surface area contributed by atoms with Crippen LogP contribution in [0.15, 0.2) is 60.7 Å². The SMILES string of the molecule is CCCC(C(=O)OCC)(c1ccccc1)c1ccccc1.CCNCC.Cl. The van der Waals surface area contributed by atoms with Crippen LogP contribution in [0.1, 0.15) is 51.7 Å². The van der Waals surface area contributed by atoms with Gasteiger partial charge in [-0.1, -0.05) is 87.9 Å². The lowest BCUT2D eigenvalue weighted by atomic mass is 9.71. The molecule has 150 valence electrons. The Balaban J connectivity index is 0.00000100. The second-order valence-corrected chi connectivity index (χ2v) is 6.06. The number of ether oxygens (including phenoxy) is 1. The monoisotopic (exact) mass is 391 g/mol. The summed E-state index contributed by atoms with van der Waals surface area (Å²) < 4.78 is 5.43. The Hall–Kier alpha value is -1.84. The first kappa shape index (κ1) is 25.2. The zero-order valence-electron chi connectivity index (χ0n) is 17.0. The maximum atomic E-state index is 12.8. The van der Waals surface area contributed by atoms with Crippen molar-refractivity contribution in [3.05, 3.63) is 71.8 Å². The largest absolute Gasteiger partial charge is 0.465 e. The van der Waals surface area contributed by atoms with Crippen LogP contribution in [-0.2, 0) is 14.9 Å². The molecule has 0 saturated heterocycles. The molecule has 0 bridgehead atoms. The molecule has 0 spiro atoms. The summed E-state index contributed by atoms with van der Waals surface area (Å²) in [5.41, 5.74) is 1.28. The summed E-state index contributed by atoms with van der Waals surface area (Å²) in [5, 5.41) is 3.11. The summed E-state index contributed by atoms with van der Waals surface area (Å²) in [6.07, 6.45) is 1.64. The molecule has 0 aliphatic heterocycles. The molecular formula is C23H34ClNO2. The van der Waals surface area contributed by atoms with Gasteiger partial charge in [-0.3, -0.25) is 4.79 Å². The van der Waals surface area contributed by atoms with Crippen molar-refractivity contribution < 1.29 is 9.53 Å². The molecular weight excluding hydrogens is 358 g/mol. The van der Waals surface area contributed by atoms with Crippen LogP contribution in [0, 0.1) is 0 Å². The van der Waals surface area contributed by atoms with E-state index >= 15 is 0 Å². The van der Waals surface area contributed by atoms with Gasteiger partial charge in [0.2, 0.25) is 0 Å². The first-order valence-corrected chi connectivity index (χ1v) is 9.66. The van der Waals surface area contributed by atoms with E-state index in [9.17, 15) is 4.79 Å². The topological polar surface area (TPSA) is 38.3 Å². The van der Waals surface area contributed by atoms with Crippen LogP contribution in [-0.4, -0.2) is 25.7 Å². The van der Waals surface area contributed by atoms with Crippen LogP contribution in [0.2, 0.25) is 0 Å². The summed E-state index contributed by atoms with van der Waals surface area (Å²) in [4.78, 5) is 12.8. The van der Waals surface area contributed by atoms with Crippen molar-refractivity contribution in [1.29, 1.82) is 0 Å². The second kappa shape index (κ2) is 14.2. The summed E-state index contributed by atoms with van der Waals surface area (Å²) in [5.74, 6) is -0.163. The lowest BCUT2D eigenvalue weighted by molar-refractivity contribution is -0.148. The first-order chi connectivity index (χ1) is 12.7. The van der Waals surface area contributed by atoms with E-state index < -0.39 is 5.41 Å². The van der Waals surface area contributed by atoms with Gasteiger partial charge in [-0.25, -0.2) is 0 Å². The molecule has 0 radical (unpaired) electrons. The fourth-order valence-corrected chi connectivity index (χ4v) is 3.12. The smallest absolute Gasteiger partial charge is 0.321 e. The first-order valence-electron chi connectivity index (χ1n) is 9.66. The molecule has 0 aromatic heterocycles. The number of carbonyl (C=O) groups is 1. The highest BCUT2D eigenvalue weighted by Gasteiger charge is 2.42. The third-order valence-corrected chi connectivity index (χ3v) is 4.28. The predicted octanol–water partition coefficient (Wildman–Crippen LogP) is 5.37. The highest BCUT2D eigenvalue weighted by atomic mass is 35.5. The number of benzene rings is 2. The van der Waals surface area contributed by atoms with E-state index in [0.29, 0.717) is 6.61 Å². The third kappa shape index (κ3) is 7.00. The van der Waals surface area contributed by atoms with Crippen LogP contribution < -0.4 is 5.32 Å². The van der Waals surface area contributed by atoms with Crippen LogP contribution in [0.25, 0.3) is 0 Å². The number of nitrogens with one attached hydrogen (secondary N) is 1. The van der Waals surface area contributed by atoms with E-state index in [1.807, 2.05) is 67.6 Å². The number of hydrogen-bond acceptors (Lipinski definition) is 3. The van der Waals surface area contributed by atoms with Gasteiger partial charge in [0.15, 0.2) is 0 Å². The molecule has 0 amide bonds. The van der Waals surface area contributed by atoms with Crippen LogP contribution in [0.3, 0.4) is 0 Å². The van der Waals surface area contributed by atoms with Gasteiger partial charge in [0.05, 0.1) is 6.61 Å². The van der Waals surface area contributed by atoms with Crippen molar-refractivity contribution in [1.82, 2.24) is 5.32 Å². The van der Waals surface area contributed by atoms with Crippen molar-refractivity contribution in [2.75, 3.05) is 19.7 Å². The average Bonchev–Trinajstić information content (AvgIpc) is 2.69. The van der Waals surface area contributed by atoms with Crippen molar-refractivity contribution >= 4 is 18.4 Å². The van der Waals surface area contributed by atoms with Crippen LogP contribution in [0.5, 0.6) is 0 Å². The van der Waals surface area contributed by atoms with Gasteiger partial charge in [-0.15, -0.1) is 12.4 Å². The molecule has 2 aromatic carbocycles. The molecule has 0 fully saturated rings. The number of rotatable bonds is 8. The zero-order valence-corrected chi connectivity index (χ0v) is 17.9. The number of halogens is 1. The predicted molar refractivity (Wildman–Crippen MR) is 117 cm³/mol. The fourth-order valence-electron chi connectivity index (χ4n) is 3.12. The maximum absolute atomic E-state index is 12.8. The molecule has 1 N–H and O–H groups in total. The summed E-state index contributed by atoms with van der Waals surface area (Å²) in [7, 11) is 0. The van der Waals surface area contributed by atoms with Gasteiger partial charge in [0, 0.05) is 0 Å². The van der Waals surface area contributed by atoms with Crippen molar-refractivity contribution in [3.63, 3.8) is 0 Å². The van der Waals surface area contributed by atoms with E-state index in [4.69, 9.17) is 4.74 Å². The molecule has 0 saturated carbocycles. The third-order valence-electron chi connectivity index (χ3n) is 4.28. The number of hydrogen-bond donors (Lipinski definition) is 1. The van der Waals surface area contributed by atoms with E-state index in [-0.39, 0.29) is 18.4 Å². The summed E-state index contributed by atoms with van der Waals surface area (Å²) in [6, 6.07) is 19.9. The lowest BCUT2D eigenvalue weighted by Gasteiger charge is -2.32. The molecule has 27 heavy (non-hydrogen) atoms. The summed E-state index contributed by atoms with van der Waals surface area (Å²) >= 11 is 0. The Morgan fingerprint density at radius 1 is 0.852 bits per heavy atom. The van der Waals surface area contributed by atoms with Crippen molar-refractivity contribution in [2.45, 2.75) is 46.0 Å². The molecule has 0 aliphatic carbocycles. The minimum absolute atomic E-state index is 0. The Morgan fingerprint density at radius 2 is 1.30 bits per heavy atom. The fraction of sp³-hybridized carbons (Fsp3) is 0.435. The Labute approximate surface area is 170 Å². The van der Waals surface area contributed by atoms with Crippen molar-refractivity contribution in [3.8, 4) is 0 Å². The minimum Gasteiger partial charge on any atom is -0.465 e. The average molecular weight is 392 g/mol. The lowest BCUT2D eigenvalue weighted by Crippen LogP contribution is -2.38.